The van der Waals surface area contributed by atoms with E-state index < -0.39 is 0 Å². The first kappa shape index (κ1) is 16.5. The number of hydrogen-bond acceptors (Lipinski definition) is 3. The van der Waals surface area contributed by atoms with Crippen molar-refractivity contribution in [1.29, 1.82) is 0 Å². The molecule has 1 heterocycles. The second kappa shape index (κ2) is 9.95. The fourth-order valence-corrected chi connectivity index (χ4v) is 2.26. The molecule has 2 aromatic rings. The number of nitrogens with zero attached hydrogens (tertiary/aromatic N) is 1. The lowest BCUT2D eigenvalue weighted by Gasteiger charge is -2.12. The standard InChI is InChI=1S/C17H23N3OS/c1-22-13-11-19-17(18-10-9-16-8-5-12-21-16)20-14-15-6-3-2-4-7-15/h2-8,12H,9-11,13-14H2,1H3,(H2,18,19,20). The highest BCUT2D eigenvalue weighted by atomic mass is 32.2. The van der Waals surface area contributed by atoms with Gasteiger partial charge in [-0.15, -0.1) is 0 Å². The van der Waals surface area contributed by atoms with Crippen molar-refractivity contribution in [3.8, 4) is 0 Å². The van der Waals surface area contributed by atoms with Crippen LogP contribution >= 0.6 is 11.8 Å². The van der Waals surface area contributed by atoms with Crippen LogP contribution in [0.1, 0.15) is 11.3 Å². The predicted octanol–water partition coefficient (Wildman–Crippen LogP) is 2.92. The van der Waals surface area contributed by atoms with Crippen molar-refractivity contribution in [3.05, 3.63) is 60.1 Å². The molecule has 0 spiro atoms. The molecule has 0 radical (unpaired) electrons. The van der Waals surface area contributed by atoms with E-state index in [1.54, 1.807) is 6.26 Å². The number of rotatable bonds is 8. The molecule has 22 heavy (non-hydrogen) atoms. The summed E-state index contributed by atoms with van der Waals surface area (Å²) in [5, 5.41) is 6.72. The summed E-state index contributed by atoms with van der Waals surface area (Å²) in [4.78, 5) is 4.64. The van der Waals surface area contributed by atoms with Crippen LogP contribution in [0.15, 0.2) is 58.1 Å². The van der Waals surface area contributed by atoms with Gasteiger partial charge in [-0.3, -0.25) is 0 Å². The molecule has 0 aliphatic carbocycles. The minimum atomic E-state index is 0.677. The van der Waals surface area contributed by atoms with Crippen LogP contribution in [0, 0.1) is 0 Å². The van der Waals surface area contributed by atoms with Crippen LogP contribution < -0.4 is 10.6 Å². The van der Waals surface area contributed by atoms with E-state index in [0.717, 1.165) is 37.0 Å². The van der Waals surface area contributed by atoms with Gasteiger partial charge in [-0.25, -0.2) is 4.99 Å². The first-order valence-corrected chi connectivity index (χ1v) is 8.85. The average Bonchev–Trinajstić information content (AvgIpc) is 3.06. The Kier molecular flexibility index (Phi) is 7.46. The molecule has 4 nitrogen and oxygen atoms in total. The fourth-order valence-electron chi connectivity index (χ4n) is 1.96. The highest BCUT2D eigenvalue weighted by Gasteiger charge is 2.00. The van der Waals surface area contributed by atoms with E-state index in [1.807, 2.05) is 42.1 Å². The quantitative estimate of drug-likeness (QED) is 0.446. The SMILES string of the molecule is CSCCNC(=NCc1ccccc1)NCCc1ccco1. The van der Waals surface area contributed by atoms with Gasteiger partial charge < -0.3 is 15.1 Å². The van der Waals surface area contributed by atoms with Gasteiger partial charge >= 0.3 is 0 Å². The molecule has 0 unspecified atom stereocenters. The first-order chi connectivity index (χ1) is 10.9. The summed E-state index contributed by atoms with van der Waals surface area (Å²) in [7, 11) is 0. The maximum absolute atomic E-state index is 5.34. The molecule has 1 aromatic carbocycles. The van der Waals surface area contributed by atoms with Gasteiger partial charge in [0, 0.05) is 25.3 Å². The molecular formula is C17H23N3OS. The molecule has 1 aromatic heterocycles. The summed E-state index contributed by atoms with van der Waals surface area (Å²) in [6, 6.07) is 14.2. The topological polar surface area (TPSA) is 49.6 Å². The number of nitrogens with one attached hydrogen (secondary N) is 2. The Morgan fingerprint density at radius 2 is 1.91 bits per heavy atom. The predicted molar refractivity (Wildman–Crippen MR) is 94.4 cm³/mol. The number of furan rings is 1. The van der Waals surface area contributed by atoms with Gasteiger partial charge in [-0.2, -0.15) is 11.8 Å². The van der Waals surface area contributed by atoms with Crippen LogP contribution in [0.2, 0.25) is 0 Å². The number of hydrogen-bond donors (Lipinski definition) is 2. The minimum Gasteiger partial charge on any atom is -0.469 e. The summed E-state index contributed by atoms with van der Waals surface area (Å²) in [6.45, 7) is 2.38. The van der Waals surface area contributed by atoms with E-state index in [1.165, 1.54) is 5.56 Å². The smallest absolute Gasteiger partial charge is 0.191 e. The maximum atomic E-state index is 5.34. The van der Waals surface area contributed by atoms with Crippen molar-refractivity contribution in [2.45, 2.75) is 13.0 Å². The Balaban J connectivity index is 1.83. The molecule has 0 aliphatic heterocycles. The lowest BCUT2D eigenvalue weighted by Crippen LogP contribution is -2.39. The third-order valence-electron chi connectivity index (χ3n) is 3.11. The molecule has 0 amide bonds. The van der Waals surface area contributed by atoms with Crippen molar-refractivity contribution in [3.63, 3.8) is 0 Å². The number of guanidine groups is 1. The Morgan fingerprint density at radius 1 is 1.09 bits per heavy atom. The molecule has 0 aliphatic rings. The van der Waals surface area contributed by atoms with Gasteiger partial charge in [0.25, 0.3) is 0 Å². The molecule has 2 rings (SSSR count). The zero-order chi connectivity index (χ0) is 15.5. The highest BCUT2D eigenvalue weighted by molar-refractivity contribution is 7.98. The molecule has 2 N–H and O–H groups in total. The van der Waals surface area contributed by atoms with E-state index in [0.29, 0.717) is 6.54 Å². The van der Waals surface area contributed by atoms with Crippen molar-refractivity contribution in [2.24, 2.45) is 4.99 Å². The van der Waals surface area contributed by atoms with Crippen molar-refractivity contribution >= 4 is 17.7 Å². The lowest BCUT2D eigenvalue weighted by molar-refractivity contribution is 0.507. The zero-order valence-electron chi connectivity index (χ0n) is 12.9. The maximum Gasteiger partial charge on any atom is 0.191 e. The number of aliphatic imine (C=N–C) groups is 1. The van der Waals surface area contributed by atoms with Crippen LogP contribution in [0.25, 0.3) is 0 Å². The van der Waals surface area contributed by atoms with Crippen molar-refractivity contribution in [2.75, 3.05) is 25.1 Å². The molecule has 0 saturated carbocycles. The Morgan fingerprint density at radius 3 is 2.64 bits per heavy atom. The van der Waals surface area contributed by atoms with Gasteiger partial charge in [-0.1, -0.05) is 30.3 Å². The van der Waals surface area contributed by atoms with E-state index in [-0.39, 0.29) is 0 Å². The van der Waals surface area contributed by atoms with E-state index in [2.05, 4.69) is 34.0 Å². The lowest BCUT2D eigenvalue weighted by atomic mass is 10.2. The highest BCUT2D eigenvalue weighted by Crippen LogP contribution is 2.01. The van der Waals surface area contributed by atoms with Gasteiger partial charge in [-0.05, 0) is 24.0 Å². The number of benzene rings is 1. The summed E-state index contributed by atoms with van der Waals surface area (Å²) >= 11 is 1.82. The van der Waals surface area contributed by atoms with Gasteiger partial charge in [0.1, 0.15) is 5.76 Å². The Hall–Kier alpha value is -1.88. The van der Waals surface area contributed by atoms with E-state index in [9.17, 15) is 0 Å². The number of thioether (sulfide) groups is 1. The second-order valence-corrected chi connectivity index (χ2v) is 5.81. The van der Waals surface area contributed by atoms with Crippen molar-refractivity contribution in [1.82, 2.24) is 10.6 Å². The van der Waals surface area contributed by atoms with Crippen LogP contribution in [0.5, 0.6) is 0 Å². The summed E-state index contributed by atoms with van der Waals surface area (Å²) in [5.41, 5.74) is 1.21. The van der Waals surface area contributed by atoms with Gasteiger partial charge in [0.05, 0.1) is 12.8 Å². The summed E-state index contributed by atoms with van der Waals surface area (Å²) in [5.74, 6) is 2.90. The van der Waals surface area contributed by atoms with Crippen LogP contribution in [0.3, 0.4) is 0 Å². The monoisotopic (exact) mass is 317 g/mol. The van der Waals surface area contributed by atoms with Crippen LogP contribution in [-0.2, 0) is 13.0 Å². The Bertz CT molecular complexity index is 540. The van der Waals surface area contributed by atoms with E-state index >= 15 is 0 Å². The second-order valence-electron chi connectivity index (χ2n) is 4.83. The molecule has 0 atom stereocenters. The van der Waals surface area contributed by atoms with E-state index in [4.69, 9.17) is 4.42 Å². The third-order valence-corrected chi connectivity index (χ3v) is 3.72. The molecule has 0 fully saturated rings. The van der Waals surface area contributed by atoms with Gasteiger partial charge in [0.2, 0.25) is 0 Å². The Labute approximate surface area is 136 Å². The molecule has 5 heteroatoms. The summed E-state index contributed by atoms with van der Waals surface area (Å²) in [6.07, 6.45) is 4.66. The minimum absolute atomic E-state index is 0.677. The zero-order valence-corrected chi connectivity index (χ0v) is 13.7. The molecule has 0 saturated heterocycles. The average molecular weight is 317 g/mol. The largest absolute Gasteiger partial charge is 0.469 e. The molecule has 118 valence electrons. The first-order valence-electron chi connectivity index (χ1n) is 7.46. The van der Waals surface area contributed by atoms with Crippen molar-refractivity contribution < 1.29 is 4.42 Å². The van der Waals surface area contributed by atoms with Gasteiger partial charge in [0.15, 0.2) is 5.96 Å². The fraction of sp³-hybridized carbons (Fsp3) is 0.353. The molecular weight excluding hydrogens is 294 g/mol. The summed E-state index contributed by atoms with van der Waals surface area (Å²) < 4.78 is 5.34. The van der Waals surface area contributed by atoms with Crippen LogP contribution in [-0.4, -0.2) is 31.1 Å². The third kappa shape index (κ3) is 6.26. The molecule has 0 bridgehead atoms. The normalized spacial score (nSPS) is 11.4. The van der Waals surface area contributed by atoms with Crippen LogP contribution in [0.4, 0.5) is 0 Å².